The number of hydrogen-bond acceptors (Lipinski definition) is 3. The van der Waals surface area contributed by atoms with Gasteiger partial charge in [0.25, 0.3) is 0 Å². The van der Waals surface area contributed by atoms with Crippen molar-refractivity contribution in [1.82, 2.24) is 0 Å². The van der Waals surface area contributed by atoms with Gasteiger partial charge in [-0.3, -0.25) is 0 Å². The highest BCUT2D eigenvalue weighted by Crippen LogP contribution is 2.20. The maximum Gasteiger partial charge on any atom is 0.211 e. The quantitative estimate of drug-likeness (QED) is 0.445. The molecule has 2 aromatic rings. The van der Waals surface area contributed by atoms with Crippen molar-refractivity contribution in [1.29, 1.82) is 0 Å². The molecule has 0 saturated heterocycles. The molecule has 0 aliphatic heterocycles. The lowest BCUT2D eigenvalue weighted by atomic mass is 10.0. The van der Waals surface area contributed by atoms with Crippen molar-refractivity contribution in [2.24, 2.45) is 21.7 Å². The van der Waals surface area contributed by atoms with Crippen LogP contribution >= 0.6 is 0 Å². The fourth-order valence-corrected chi connectivity index (χ4v) is 1.77. The second-order valence-electron chi connectivity index (χ2n) is 4.25. The van der Waals surface area contributed by atoms with Crippen molar-refractivity contribution >= 4 is 12.2 Å². The summed E-state index contributed by atoms with van der Waals surface area (Å²) < 4.78 is 0. The molecule has 20 heavy (non-hydrogen) atoms. The second-order valence-corrected chi connectivity index (χ2v) is 4.25. The van der Waals surface area contributed by atoms with Crippen molar-refractivity contribution in [2.45, 2.75) is 6.61 Å². The van der Waals surface area contributed by atoms with Crippen LogP contribution in [-0.4, -0.2) is 17.3 Å². The van der Waals surface area contributed by atoms with Crippen LogP contribution in [0.1, 0.15) is 11.1 Å². The molecule has 0 aliphatic rings. The Bertz CT molecular complexity index is 629. The zero-order chi connectivity index (χ0) is 14.4. The van der Waals surface area contributed by atoms with Gasteiger partial charge in [-0.05, 0) is 28.3 Å². The fourth-order valence-electron chi connectivity index (χ4n) is 1.77. The van der Waals surface area contributed by atoms with E-state index >= 15 is 0 Å². The van der Waals surface area contributed by atoms with Gasteiger partial charge in [0.1, 0.15) is 0 Å². The number of benzene rings is 2. The van der Waals surface area contributed by atoms with E-state index in [-0.39, 0.29) is 12.6 Å². The minimum absolute atomic E-state index is 0.0388. The second kappa shape index (κ2) is 6.49. The number of aliphatic hydroxyl groups is 1. The van der Waals surface area contributed by atoms with Crippen LogP contribution in [0.5, 0.6) is 0 Å². The van der Waals surface area contributed by atoms with E-state index in [1.54, 1.807) is 6.21 Å². The van der Waals surface area contributed by atoms with Gasteiger partial charge in [-0.2, -0.15) is 5.10 Å². The molecule has 2 aromatic carbocycles. The molecule has 0 bridgehead atoms. The third-order valence-corrected chi connectivity index (χ3v) is 2.73. The molecule has 0 amide bonds. The summed E-state index contributed by atoms with van der Waals surface area (Å²) >= 11 is 0. The monoisotopic (exact) mass is 268 g/mol. The Labute approximate surface area is 117 Å². The van der Waals surface area contributed by atoms with Gasteiger partial charge in [-0.25, -0.2) is 0 Å². The summed E-state index contributed by atoms with van der Waals surface area (Å²) in [5.41, 5.74) is 14.3. The van der Waals surface area contributed by atoms with Crippen molar-refractivity contribution in [3.63, 3.8) is 0 Å². The lowest BCUT2D eigenvalue weighted by Crippen LogP contribution is -2.21. The number of nitrogens with zero attached hydrogens (tertiary/aromatic N) is 2. The minimum atomic E-state index is -0.0707. The van der Waals surface area contributed by atoms with Crippen LogP contribution in [0.3, 0.4) is 0 Å². The van der Waals surface area contributed by atoms with Gasteiger partial charge in [0.05, 0.1) is 12.8 Å². The minimum Gasteiger partial charge on any atom is -0.392 e. The first kappa shape index (κ1) is 13.8. The van der Waals surface area contributed by atoms with Gasteiger partial charge in [0.15, 0.2) is 0 Å². The Morgan fingerprint density at radius 1 is 1.05 bits per heavy atom. The van der Waals surface area contributed by atoms with E-state index in [4.69, 9.17) is 16.6 Å². The molecule has 5 heteroatoms. The predicted molar refractivity (Wildman–Crippen MR) is 81.2 cm³/mol. The largest absolute Gasteiger partial charge is 0.392 e. The molecule has 0 aliphatic carbocycles. The van der Waals surface area contributed by atoms with Gasteiger partial charge in [0, 0.05) is 0 Å². The molecule has 0 heterocycles. The average Bonchev–Trinajstić information content (AvgIpc) is 2.48. The van der Waals surface area contributed by atoms with Crippen LogP contribution < -0.4 is 11.5 Å². The number of aliphatic hydroxyl groups excluding tert-OH is 1. The SMILES string of the molecule is NC(N)=NN=Cc1ccc(-c2cccc(CO)c2)cc1. The van der Waals surface area contributed by atoms with Gasteiger partial charge in [0.2, 0.25) is 5.96 Å². The summed E-state index contributed by atoms with van der Waals surface area (Å²) in [5.74, 6) is -0.0707. The molecule has 0 radical (unpaired) electrons. The predicted octanol–water partition coefficient (Wildman–Crippen LogP) is 1.45. The standard InChI is InChI=1S/C15H16N4O/c16-15(17)19-18-9-11-4-6-13(7-5-11)14-3-1-2-12(8-14)10-20/h1-9,20H,10H2,(H4,16,17,19). The summed E-state index contributed by atoms with van der Waals surface area (Å²) in [6.45, 7) is 0.0388. The van der Waals surface area contributed by atoms with E-state index in [9.17, 15) is 0 Å². The topological polar surface area (TPSA) is 97.0 Å². The highest BCUT2D eigenvalue weighted by Gasteiger charge is 1.99. The van der Waals surface area contributed by atoms with Crippen LogP contribution in [0.2, 0.25) is 0 Å². The lowest BCUT2D eigenvalue weighted by molar-refractivity contribution is 0.282. The summed E-state index contributed by atoms with van der Waals surface area (Å²) in [6, 6.07) is 15.6. The molecule has 2 rings (SSSR count). The normalized spacial score (nSPS) is 10.7. The van der Waals surface area contributed by atoms with Crippen LogP contribution in [0.4, 0.5) is 0 Å². The highest BCUT2D eigenvalue weighted by atomic mass is 16.3. The lowest BCUT2D eigenvalue weighted by Gasteiger charge is -2.04. The van der Waals surface area contributed by atoms with E-state index in [1.807, 2.05) is 48.5 Å². The van der Waals surface area contributed by atoms with Crippen molar-refractivity contribution < 1.29 is 5.11 Å². The molecular formula is C15H16N4O. The van der Waals surface area contributed by atoms with E-state index < -0.39 is 0 Å². The molecule has 0 atom stereocenters. The van der Waals surface area contributed by atoms with Crippen LogP contribution in [0, 0.1) is 0 Å². The van der Waals surface area contributed by atoms with E-state index in [0.717, 1.165) is 22.3 Å². The van der Waals surface area contributed by atoms with E-state index in [2.05, 4.69) is 10.2 Å². The molecule has 0 saturated carbocycles. The maximum absolute atomic E-state index is 9.14. The molecule has 0 aromatic heterocycles. The number of nitrogens with two attached hydrogens (primary N) is 2. The number of guanidine groups is 1. The molecule has 5 nitrogen and oxygen atoms in total. The first-order valence-electron chi connectivity index (χ1n) is 6.11. The van der Waals surface area contributed by atoms with Gasteiger partial charge in [-0.1, -0.05) is 42.5 Å². The zero-order valence-electron chi connectivity index (χ0n) is 10.9. The van der Waals surface area contributed by atoms with Crippen molar-refractivity contribution in [3.8, 4) is 11.1 Å². The van der Waals surface area contributed by atoms with Crippen LogP contribution in [-0.2, 0) is 6.61 Å². The van der Waals surface area contributed by atoms with Gasteiger partial charge < -0.3 is 16.6 Å². The summed E-state index contributed by atoms with van der Waals surface area (Å²) in [6.07, 6.45) is 1.58. The van der Waals surface area contributed by atoms with Crippen molar-refractivity contribution in [3.05, 3.63) is 59.7 Å². The first-order chi connectivity index (χ1) is 9.69. The molecule has 102 valence electrons. The number of rotatable bonds is 4. The van der Waals surface area contributed by atoms with Crippen LogP contribution in [0.15, 0.2) is 58.7 Å². The van der Waals surface area contributed by atoms with E-state index in [0.29, 0.717) is 0 Å². The summed E-state index contributed by atoms with van der Waals surface area (Å²) in [4.78, 5) is 0. The zero-order valence-corrected chi connectivity index (χ0v) is 10.9. The molecule has 0 unspecified atom stereocenters. The van der Waals surface area contributed by atoms with E-state index in [1.165, 1.54) is 0 Å². The summed E-state index contributed by atoms with van der Waals surface area (Å²) in [5, 5.41) is 16.4. The summed E-state index contributed by atoms with van der Waals surface area (Å²) in [7, 11) is 0. The maximum atomic E-state index is 9.14. The third-order valence-electron chi connectivity index (χ3n) is 2.73. The Morgan fingerprint density at radius 2 is 1.80 bits per heavy atom. The first-order valence-corrected chi connectivity index (χ1v) is 6.11. The third kappa shape index (κ3) is 3.66. The molecular weight excluding hydrogens is 252 g/mol. The fraction of sp³-hybridized carbons (Fsp3) is 0.0667. The Kier molecular flexibility index (Phi) is 4.47. The van der Waals surface area contributed by atoms with Crippen LogP contribution in [0.25, 0.3) is 11.1 Å². The van der Waals surface area contributed by atoms with Gasteiger partial charge in [-0.15, -0.1) is 5.10 Å². The smallest absolute Gasteiger partial charge is 0.211 e. The molecule has 5 N–H and O–H groups in total. The Morgan fingerprint density at radius 3 is 2.45 bits per heavy atom. The Hall–Kier alpha value is -2.66. The molecule has 0 spiro atoms. The van der Waals surface area contributed by atoms with Gasteiger partial charge >= 0.3 is 0 Å². The Balaban J connectivity index is 2.19. The van der Waals surface area contributed by atoms with Crippen molar-refractivity contribution in [2.75, 3.05) is 0 Å². The molecule has 0 fully saturated rings. The average molecular weight is 268 g/mol. The highest BCUT2D eigenvalue weighted by molar-refractivity contribution is 5.82. The number of hydrogen-bond donors (Lipinski definition) is 3.